The van der Waals surface area contributed by atoms with Crippen LogP contribution >= 0.6 is 22.6 Å². The number of benzene rings is 3. The van der Waals surface area contributed by atoms with Crippen molar-refractivity contribution in [2.75, 3.05) is 13.2 Å². The van der Waals surface area contributed by atoms with Crippen LogP contribution in [0.25, 0.3) is 11.1 Å². The molecule has 0 aliphatic carbocycles. The van der Waals surface area contributed by atoms with Crippen LogP contribution in [0, 0.1) is 3.57 Å². The van der Waals surface area contributed by atoms with Crippen LogP contribution in [0.3, 0.4) is 0 Å². The van der Waals surface area contributed by atoms with Gasteiger partial charge in [0.1, 0.15) is 0 Å². The molecule has 5 heteroatoms. The number of halogens is 1. The van der Waals surface area contributed by atoms with Gasteiger partial charge in [0.15, 0.2) is 0 Å². The van der Waals surface area contributed by atoms with Gasteiger partial charge >= 0.3 is 0 Å². The molecule has 0 fully saturated rings. The molecule has 3 aromatic carbocycles. The SMILES string of the molecule is C.C=CC[Si](CC=C)(OCC)c1ccc(-c2ccccc2)cc1.C=CC[Si](CC=C)(OCC)c1ccc(I)cc1. The molecule has 0 bridgehead atoms. The first-order valence-electron chi connectivity index (χ1n) is 13.6. The molecule has 0 aliphatic rings. The molecule has 0 spiro atoms. The number of rotatable bonds is 15. The van der Waals surface area contributed by atoms with Crippen LogP contribution in [-0.4, -0.2) is 29.8 Å². The second-order valence-corrected chi connectivity index (χ2v) is 17.9. The summed E-state index contributed by atoms with van der Waals surface area (Å²) in [5.41, 5.74) is 2.48. The first-order valence-corrected chi connectivity index (χ1v) is 19.3. The molecule has 0 saturated carbocycles. The zero-order valence-corrected chi connectivity index (χ0v) is 27.7. The predicted octanol–water partition coefficient (Wildman–Crippen LogP) is 9.40. The van der Waals surface area contributed by atoms with Crippen molar-refractivity contribution in [3.05, 3.63) is 133 Å². The van der Waals surface area contributed by atoms with Crippen molar-refractivity contribution >= 4 is 49.6 Å². The van der Waals surface area contributed by atoms with Gasteiger partial charge in [0, 0.05) is 16.8 Å². The summed E-state index contributed by atoms with van der Waals surface area (Å²) in [6, 6.07) is 31.6. The van der Waals surface area contributed by atoms with E-state index in [1.165, 1.54) is 25.1 Å². The van der Waals surface area contributed by atoms with E-state index in [0.29, 0.717) is 0 Å². The Bertz CT molecular complexity index is 1140. The Morgan fingerprint density at radius 1 is 0.575 bits per heavy atom. The molecular formula is C35H47IO2Si2. The second kappa shape index (κ2) is 18.9. The average Bonchev–Trinajstić information content (AvgIpc) is 2.95. The highest BCUT2D eigenvalue weighted by Gasteiger charge is 2.35. The third kappa shape index (κ3) is 9.96. The third-order valence-corrected chi connectivity index (χ3v) is 15.6. The summed E-state index contributed by atoms with van der Waals surface area (Å²) in [7, 11) is -3.97. The largest absolute Gasteiger partial charge is 0.412 e. The normalized spacial score (nSPS) is 10.9. The van der Waals surface area contributed by atoms with E-state index in [2.05, 4.69) is 136 Å². The molecule has 0 heterocycles. The van der Waals surface area contributed by atoms with Gasteiger partial charge in [-0.25, -0.2) is 0 Å². The lowest BCUT2D eigenvalue weighted by atomic mass is 10.1. The summed E-state index contributed by atoms with van der Waals surface area (Å²) >= 11 is 2.32. The Morgan fingerprint density at radius 3 is 1.27 bits per heavy atom. The Morgan fingerprint density at radius 2 is 0.925 bits per heavy atom. The lowest BCUT2D eigenvalue weighted by molar-refractivity contribution is 0.333. The van der Waals surface area contributed by atoms with Crippen molar-refractivity contribution in [2.45, 2.75) is 45.5 Å². The molecule has 40 heavy (non-hydrogen) atoms. The number of hydrogen-bond acceptors (Lipinski definition) is 2. The molecule has 0 N–H and O–H groups in total. The Hall–Kier alpha value is -2.30. The van der Waals surface area contributed by atoms with Crippen LogP contribution in [0.2, 0.25) is 24.2 Å². The Labute approximate surface area is 260 Å². The summed E-state index contributed by atoms with van der Waals surface area (Å²) < 4.78 is 13.6. The van der Waals surface area contributed by atoms with Crippen LogP contribution in [0.4, 0.5) is 0 Å². The van der Waals surface area contributed by atoms with Crippen molar-refractivity contribution in [3.63, 3.8) is 0 Å². The molecule has 3 rings (SSSR count). The maximum absolute atomic E-state index is 6.24. The van der Waals surface area contributed by atoms with Crippen LogP contribution in [-0.2, 0) is 8.85 Å². The molecule has 0 aromatic heterocycles. The first kappa shape index (κ1) is 35.7. The van der Waals surface area contributed by atoms with E-state index in [-0.39, 0.29) is 7.43 Å². The first-order chi connectivity index (χ1) is 18.9. The second-order valence-electron chi connectivity index (χ2n) is 9.28. The van der Waals surface area contributed by atoms with Gasteiger partial charge in [0.05, 0.1) is 0 Å². The van der Waals surface area contributed by atoms with E-state index < -0.39 is 16.6 Å². The summed E-state index contributed by atoms with van der Waals surface area (Å²) in [6.45, 7) is 21.2. The van der Waals surface area contributed by atoms with E-state index in [4.69, 9.17) is 8.85 Å². The van der Waals surface area contributed by atoms with Crippen molar-refractivity contribution in [1.29, 1.82) is 0 Å². The fourth-order valence-corrected chi connectivity index (χ4v) is 11.8. The van der Waals surface area contributed by atoms with Crippen molar-refractivity contribution < 1.29 is 8.85 Å². The van der Waals surface area contributed by atoms with Crippen LogP contribution in [0.15, 0.2) is 129 Å². The molecule has 214 valence electrons. The van der Waals surface area contributed by atoms with Gasteiger partial charge in [0.2, 0.25) is 16.6 Å². The highest BCUT2D eigenvalue weighted by atomic mass is 127. The Balaban J connectivity index is 0.000000403. The molecule has 0 radical (unpaired) electrons. The highest BCUT2D eigenvalue weighted by molar-refractivity contribution is 14.1. The van der Waals surface area contributed by atoms with Crippen LogP contribution in [0.5, 0.6) is 0 Å². The molecule has 0 atom stereocenters. The predicted molar refractivity (Wildman–Crippen MR) is 192 cm³/mol. The van der Waals surface area contributed by atoms with Gasteiger partial charge in [0.25, 0.3) is 0 Å². The third-order valence-electron chi connectivity index (χ3n) is 6.63. The summed E-state index contributed by atoms with van der Waals surface area (Å²) in [4.78, 5) is 0. The summed E-state index contributed by atoms with van der Waals surface area (Å²) in [6.07, 6.45) is 7.92. The van der Waals surface area contributed by atoms with Gasteiger partial charge in [-0.3, -0.25) is 0 Å². The van der Waals surface area contributed by atoms with E-state index in [1.807, 2.05) is 30.4 Å². The zero-order valence-electron chi connectivity index (χ0n) is 23.6. The van der Waals surface area contributed by atoms with Gasteiger partial charge in [-0.05, 0) is 94.2 Å². The quantitative estimate of drug-likeness (QED) is 0.0904. The fourth-order valence-electron chi connectivity index (χ4n) is 4.88. The smallest absolute Gasteiger partial charge is 0.231 e. The summed E-state index contributed by atoms with van der Waals surface area (Å²) in [5, 5.41) is 2.65. The van der Waals surface area contributed by atoms with Gasteiger partial charge in [-0.15, -0.1) is 26.3 Å². The zero-order chi connectivity index (χ0) is 28.6. The van der Waals surface area contributed by atoms with E-state index >= 15 is 0 Å². The number of hydrogen-bond donors (Lipinski definition) is 0. The van der Waals surface area contributed by atoms with E-state index in [1.54, 1.807) is 0 Å². The molecule has 0 aliphatic heterocycles. The van der Waals surface area contributed by atoms with Crippen LogP contribution < -0.4 is 10.4 Å². The minimum Gasteiger partial charge on any atom is -0.412 e. The minimum atomic E-state index is -2.03. The van der Waals surface area contributed by atoms with Crippen LogP contribution in [0.1, 0.15) is 21.3 Å². The van der Waals surface area contributed by atoms with Crippen molar-refractivity contribution in [3.8, 4) is 11.1 Å². The minimum absolute atomic E-state index is 0. The molecule has 0 saturated heterocycles. The summed E-state index contributed by atoms with van der Waals surface area (Å²) in [5.74, 6) is 0. The lowest BCUT2D eigenvalue weighted by Crippen LogP contribution is -2.50. The molecule has 3 aromatic rings. The van der Waals surface area contributed by atoms with Gasteiger partial charge < -0.3 is 8.85 Å². The van der Waals surface area contributed by atoms with Crippen molar-refractivity contribution in [1.82, 2.24) is 0 Å². The maximum Gasteiger partial charge on any atom is 0.231 e. The standard InChI is InChI=1S/C20H24OSi.C14H19IOSi.CH4/c1-4-16-22(17-5-2,21-6-3)20-14-12-19(13-15-20)18-10-8-7-9-11-18;1-4-11-17(12-5-2,16-6-3)14-9-7-13(15)8-10-14;/h4-5,7-15H,1-2,6,16-17H2,3H3;4-5,7-10H,1-2,6,11-12H2,3H3;1H4. The average molecular weight is 683 g/mol. The van der Waals surface area contributed by atoms with Crippen molar-refractivity contribution in [2.24, 2.45) is 0 Å². The molecule has 0 unspecified atom stereocenters. The maximum atomic E-state index is 6.24. The van der Waals surface area contributed by atoms with E-state index in [0.717, 1.165) is 37.4 Å². The highest BCUT2D eigenvalue weighted by Crippen LogP contribution is 2.23. The molecule has 2 nitrogen and oxygen atoms in total. The molecule has 0 amide bonds. The molecular weight excluding hydrogens is 635 g/mol. The number of allylic oxidation sites excluding steroid dienone is 4. The van der Waals surface area contributed by atoms with Gasteiger partial charge in [-0.1, -0.05) is 98.5 Å². The van der Waals surface area contributed by atoms with Gasteiger partial charge in [-0.2, -0.15) is 0 Å². The monoisotopic (exact) mass is 682 g/mol. The Kier molecular flexibility index (Phi) is 16.9. The lowest BCUT2D eigenvalue weighted by Gasteiger charge is -2.29. The topological polar surface area (TPSA) is 18.5 Å². The fraction of sp³-hybridized carbons (Fsp3) is 0.257. The van der Waals surface area contributed by atoms with E-state index in [9.17, 15) is 0 Å².